The number of hydrogen-bond donors (Lipinski definition) is 1. The van der Waals surface area contributed by atoms with E-state index in [1.807, 2.05) is 0 Å². The predicted molar refractivity (Wildman–Crippen MR) is 145 cm³/mol. The molecule has 0 atom stereocenters. The Morgan fingerprint density at radius 3 is 2.44 bits per heavy atom. The molecule has 2 aromatic carbocycles. The Morgan fingerprint density at radius 1 is 0.923 bits per heavy atom. The maximum atomic E-state index is 13.3. The summed E-state index contributed by atoms with van der Waals surface area (Å²) in [5, 5.41) is 2.79. The van der Waals surface area contributed by atoms with Crippen molar-refractivity contribution in [3.63, 3.8) is 0 Å². The number of nitrogens with zero attached hydrogens (tertiary/aromatic N) is 1. The molecule has 0 saturated carbocycles. The van der Waals surface area contributed by atoms with Crippen molar-refractivity contribution >= 4 is 43.1 Å². The number of carbonyl (C=O) groups excluding carboxylic acids is 1. The van der Waals surface area contributed by atoms with Crippen LogP contribution in [0.5, 0.6) is 0 Å². The summed E-state index contributed by atoms with van der Waals surface area (Å²) in [6.45, 7) is 1.17. The lowest BCUT2D eigenvalue weighted by Crippen LogP contribution is -2.40. The van der Waals surface area contributed by atoms with Gasteiger partial charge in [-0.05, 0) is 61.2 Å². The second-order valence-electron chi connectivity index (χ2n) is 9.86. The van der Waals surface area contributed by atoms with Gasteiger partial charge < -0.3 is 14.5 Å². The molecule has 0 unspecified atom stereocenters. The molecule has 0 radical (unpaired) electrons. The first-order valence-corrected chi connectivity index (χ1v) is 16.0. The number of benzene rings is 2. The van der Waals surface area contributed by atoms with E-state index in [2.05, 4.69) is 5.32 Å². The quantitative estimate of drug-likeness (QED) is 0.451. The Kier molecular flexibility index (Phi) is 6.70. The molecule has 9 nitrogen and oxygen atoms in total. The smallest absolute Gasteiger partial charge is 0.256 e. The van der Waals surface area contributed by atoms with E-state index in [1.54, 1.807) is 42.5 Å². The molecule has 1 fully saturated rings. The first kappa shape index (κ1) is 26.0. The third-order valence-corrected chi connectivity index (χ3v) is 11.0. The van der Waals surface area contributed by atoms with Crippen LogP contribution < -0.4 is 5.32 Å². The van der Waals surface area contributed by atoms with Crippen molar-refractivity contribution in [2.24, 2.45) is 0 Å². The number of fused-ring (bicyclic) bond motifs is 2. The lowest BCUT2D eigenvalue weighted by atomic mass is 9.95. The maximum Gasteiger partial charge on any atom is 0.256 e. The summed E-state index contributed by atoms with van der Waals surface area (Å²) >= 11 is 0. The summed E-state index contributed by atoms with van der Waals surface area (Å²) in [5.74, 6) is 0.404. The van der Waals surface area contributed by atoms with Crippen LogP contribution in [0.3, 0.4) is 0 Å². The van der Waals surface area contributed by atoms with E-state index in [1.165, 1.54) is 16.4 Å². The van der Waals surface area contributed by atoms with Crippen LogP contribution in [0.2, 0.25) is 0 Å². The molecular formula is C28H28N2O7S2. The van der Waals surface area contributed by atoms with Crippen molar-refractivity contribution in [3.8, 4) is 0 Å². The number of sulfonamides is 1. The Bertz CT molecular complexity index is 1680. The Balaban J connectivity index is 1.42. The number of carbonyl (C=O) groups is 1. The highest BCUT2D eigenvalue weighted by Gasteiger charge is 2.32. The van der Waals surface area contributed by atoms with Crippen LogP contribution in [0.4, 0.5) is 5.69 Å². The molecule has 1 aliphatic carbocycles. The number of sulfone groups is 1. The molecule has 1 N–H and O–H groups in total. The van der Waals surface area contributed by atoms with E-state index in [0.29, 0.717) is 48.6 Å². The van der Waals surface area contributed by atoms with Gasteiger partial charge in [0.2, 0.25) is 10.0 Å². The molecule has 2 aliphatic heterocycles. The van der Waals surface area contributed by atoms with Gasteiger partial charge in [0.1, 0.15) is 11.5 Å². The maximum absolute atomic E-state index is 13.3. The summed E-state index contributed by atoms with van der Waals surface area (Å²) in [6, 6.07) is 12.8. The van der Waals surface area contributed by atoms with Gasteiger partial charge in [0.25, 0.3) is 5.91 Å². The molecule has 3 heterocycles. The average molecular weight is 569 g/mol. The fourth-order valence-electron chi connectivity index (χ4n) is 5.37. The summed E-state index contributed by atoms with van der Waals surface area (Å²) in [7, 11) is -7.45. The highest BCUT2D eigenvalue weighted by Crippen LogP contribution is 2.39. The molecule has 1 aromatic heterocycles. The minimum atomic E-state index is -3.78. The first-order chi connectivity index (χ1) is 18.7. The zero-order valence-electron chi connectivity index (χ0n) is 21.2. The van der Waals surface area contributed by atoms with Crippen LogP contribution >= 0.6 is 0 Å². The van der Waals surface area contributed by atoms with E-state index in [9.17, 15) is 21.6 Å². The van der Waals surface area contributed by atoms with Crippen LogP contribution in [-0.4, -0.2) is 53.4 Å². The van der Waals surface area contributed by atoms with Crippen molar-refractivity contribution in [2.75, 3.05) is 31.6 Å². The lowest BCUT2D eigenvalue weighted by molar-refractivity contribution is -0.110. The zero-order valence-corrected chi connectivity index (χ0v) is 22.8. The third-order valence-electron chi connectivity index (χ3n) is 7.41. The number of rotatable bonds is 6. The summed E-state index contributed by atoms with van der Waals surface area (Å²) in [4.78, 5) is 13.3. The van der Waals surface area contributed by atoms with E-state index in [4.69, 9.17) is 9.15 Å². The minimum Gasteiger partial charge on any atom is -0.461 e. The minimum absolute atomic E-state index is 0.0798. The van der Waals surface area contributed by atoms with E-state index in [0.717, 1.165) is 24.2 Å². The van der Waals surface area contributed by atoms with Gasteiger partial charge in [0.05, 0.1) is 34.3 Å². The summed E-state index contributed by atoms with van der Waals surface area (Å²) < 4.78 is 66.0. The van der Waals surface area contributed by atoms with Crippen LogP contribution in [0.25, 0.3) is 11.6 Å². The third kappa shape index (κ3) is 4.84. The van der Waals surface area contributed by atoms with Gasteiger partial charge in [0.15, 0.2) is 9.84 Å². The molecule has 1 amide bonds. The summed E-state index contributed by atoms with van der Waals surface area (Å²) in [6.07, 6.45) is 4.81. The molecule has 204 valence electrons. The van der Waals surface area contributed by atoms with Crippen molar-refractivity contribution in [3.05, 3.63) is 76.7 Å². The largest absolute Gasteiger partial charge is 0.461 e. The number of anilines is 1. The van der Waals surface area contributed by atoms with E-state index in [-0.39, 0.29) is 34.2 Å². The highest BCUT2D eigenvalue weighted by atomic mass is 32.2. The lowest BCUT2D eigenvalue weighted by Gasteiger charge is -2.26. The van der Waals surface area contributed by atoms with Crippen LogP contribution in [0.15, 0.2) is 62.7 Å². The van der Waals surface area contributed by atoms with Crippen molar-refractivity contribution in [2.45, 2.75) is 41.2 Å². The fraction of sp³-hybridized carbons (Fsp3) is 0.321. The molecule has 3 aliphatic rings. The number of furan rings is 1. The monoisotopic (exact) mass is 568 g/mol. The second-order valence-corrected chi connectivity index (χ2v) is 13.8. The number of aryl methyl sites for hydroxylation is 1. The molecule has 6 rings (SSSR count). The molecule has 3 aromatic rings. The fourth-order valence-corrected chi connectivity index (χ4v) is 8.24. The van der Waals surface area contributed by atoms with Gasteiger partial charge in [-0.1, -0.05) is 18.2 Å². The predicted octanol–water partition coefficient (Wildman–Crippen LogP) is 3.65. The standard InChI is InChI=1S/C28H28N2O7S2/c31-28-23(22-16-20(10-11-25(22)29-28)39(34,35)30-12-14-36-15-13-30)17-27-24(21-8-4-5-9-26(21)37-27)18-38(32,33)19-6-2-1-3-7-19/h1-3,6-7,10-11,16-17H,4-5,8-9,12-15,18H2,(H,29,31). The molecule has 0 spiro atoms. The molecule has 39 heavy (non-hydrogen) atoms. The molecule has 1 saturated heterocycles. The van der Waals surface area contributed by atoms with Gasteiger partial charge in [-0.2, -0.15) is 4.31 Å². The van der Waals surface area contributed by atoms with Gasteiger partial charge in [-0.25, -0.2) is 16.8 Å². The highest BCUT2D eigenvalue weighted by molar-refractivity contribution is 7.90. The molecule has 11 heteroatoms. The second kappa shape index (κ2) is 10.1. The topological polar surface area (TPSA) is 123 Å². The number of morpholine rings is 1. The number of ether oxygens (including phenoxy) is 1. The molecule has 0 bridgehead atoms. The Labute approximate surface area is 227 Å². The van der Waals surface area contributed by atoms with Gasteiger partial charge in [-0.15, -0.1) is 0 Å². The van der Waals surface area contributed by atoms with Gasteiger partial charge >= 0.3 is 0 Å². The zero-order chi connectivity index (χ0) is 27.2. The normalized spacial score (nSPS) is 19.1. The van der Waals surface area contributed by atoms with E-state index < -0.39 is 25.8 Å². The summed E-state index contributed by atoms with van der Waals surface area (Å²) in [5.41, 5.74) is 2.59. The van der Waals surface area contributed by atoms with Gasteiger partial charge in [-0.3, -0.25) is 4.79 Å². The molecular weight excluding hydrogens is 540 g/mol. The van der Waals surface area contributed by atoms with Gasteiger partial charge in [0, 0.05) is 36.3 Å². The number of nitrogens with one attached hydrogen (secondary N) is 1. The average Bonchev–Trinajstić information content (AvgIpc) is 3.45. The number of amides is 1. The van der Waals surface area contributed by atoms with Crippen LogP contribution in [0, 0.1) is 0 Å². The first-order valence-electron chi connectivity index (χ1n) is 12.9. The Hall–Kier alpha value is -3.25. The van der Waals surface area contributed by atoms with Crippen molar-refractivity contribution in [1.82, 2.24) is 4.31 Å². The number of hydrogen-bond acceptors (Lipinski definition) is 7. The van der Waals surface area contributed by atoms with Crippen molar-refractivity contribution < 1.29 is 30.8 Å². The SMILES string of the molecule is O=C1Nc2ccc(S(=O)(=O)N3CCOCC3)cc2C1=Cc1oc2c(c1CS(=O)(=O)c1ccccc1)CCCC2. The van der Waals surface area contributed by atoms with Crippen molar-refractivity contribution in [1.29, 1.82) is 0 Å². The van der Waals surface area contributed by atoms with Crippen LogP contribution in [-0.2, 0) is 48.0 Å². The van der Waals surface area contributed by atoms with Crippen LogP contribution in [0.1, 0.15) is 41.1 Å². The van der Waals surface area contributed by atoms with E-state index >= 15 is 0 Å². The Morgan fingerprint density at radius 2 is 1.67 bits per heavy atom.